The Kier molecular flexibility index (Phi) is 9.69. The highest BCUT2D eigenvalue weighted by molar-refractivity contribution is 5.92. The first-order valence-electron chi connectivity index (χ1n) is 8.00. The van der Waals surface area contributed by atoms with Crippen LogP contribution in [0.5, 0.6) is 0 Å². The molecule has 2 amide bonds. The second-order valence-electron chi connectivity index (χ2n) is 5.97. The summed E-state index contributed by atoms with van der Waals surface area (Å²) >= 11 is 0. The molecular formula is C15H27N3O7. The van der Waals surface area contributed by atoms with Gasteiger partial charge in [-0.3, -0.25) is 14.4 Å². The monoisotopic (exact) mass is 361 g/mol. The van der Waals surface area contributed by atoms with Gasteiger partial charge in [-0.25, -0.2) is 4.79 Å². The molecule has 0 saturated carbocycles. The number of carbonyl (C=O) groups excluding carboxylic acids is 2. The summed E-state index contributed by atoms with van der Waals surface area (Å²) < 4.78 is 0. The van der Waals surface area contributed by atoms with Crippen molar-refractivity contribution in [3.63, 3.8) is 0 Å². The average Bonchev–Trinajstić information content (AvgIpc) is 2.53. The fourth-order valence-corrected chi connectivity index (χ4v) is 1.96. The lowest BCUT2D eigenvalue weighted by Gasteiger charge is -2.27. The van der Waals surface area contributed by atoms with Crippen molar-refractivity contribution < 1.29 is 34.5 Å². The molecule has 0 heterocycles. The Hall–Kier alpha value is -2.20. The van der Waals surface area contributed by atoms with Crippen LogP contribution >= 0.6 is 0 Å². The molecule has 0 aromatic heterocycles. The Morgan fingerprint density at radius 2 is 1.60 bits per heavy atom. The summed E-state index contributed by atoms with van der Waals surface area (Å²) in [7, 11) is 0. The molecule has 0 rings (SSSR count). The number of aliphatic hydroxyl groups excluding tert-OH is 1. The van der Waals surface area contributed by atoms with Crippen LogP contribution in [0, 0.1) is 5.92 Å². The van der Waals surface area contributed by atoms with Gasteiger partial charge in [0.15, 0.2) is 0 Å². The van der Waals surface area contributed by atoms with Crippen LogP contribution in [0.15, 0.2) is 0 Å². The molecule has 10 heteroatoms. The summed E-state index contributed by atoms with van der Waals surface area (Å²) in [6.45, 7) is 4.80. The van der Waals surface area contributed by atoms with Crippen LogP contribution in [0.25, 0.3) is 0 Å². The number of nitrogens with one attached hydrogen (secondary N) is 2. The number of aliphatic hydroxyl groups is 1. The number of aliphatic carboxylic acids is 2. The normalized spacial score (nSPS) is 16.8. The molecule has 0 aliphatic carbocycles. The summed E-state index contributed by atoms with van der Waals surface area (Å²) in [5.41, 5.74) is 5.53. The van der Waals surface area contributed by atoms with Crippen molar-refractivity contribution in [1.82, 2.24) is 10.6 Å². The molecular weight excluding hydrogens is 334 g/mol. The highest BCUT2D eigenvalue weighted by Crippen LogP contribution is 2.10. The zero-order chi connectivity index (χ0) is 19.7. The van der Waals surface area contributed by atoms with Gasteiger partial charge >= 0.3 is 11.9 Å². The molecule has 0 aliphatic rings. The van der Waals surface area contributed by atoms with Crippen molar-refractivity contribution in [3.05, 3.63) is 0 Å². The first-order chi connectivity index (χ1) is 11.5. The van der Waals surface area contributed by atoms with E-state index < -0.39 is 54.4 Å². The van der Waals surface area contributed by atoms with Gasteiger partial charge in [-0.2, -0.15) is 0 Å². The third kappa shape index (κ3) is 7.94. The predicted molar refractivity (Wildman–Crippen MR) is 87.5 cm³/mol. The lowest BCUT2D eigenvalue weighted by molar-refractivity contribution is -0.143. The number of nitrogens with two attached hydrogens (primary N) is 1. The maximum atomic E-state index is 12.4. The molecule has 10 nitrogen and oxygen atoms in total. The van der Waals surface area contributed by atoms with Gasteiger partial charge in [-0.15, -0.1) is 0 Å². The molecule has 0 saturated heterocycles. The van der Waals surface area contributed by atoms with Gasteiger partial charge in [-0.1, -0.05) is 20.3 Å². The van der Waals surface area contributed by atoms with Crippen molar-refractivity contribution in [2.75, 3.05) is 0 Å². The number of carbonyl (C=O) groups is 4. The van der Waals surface area contributed by atoms with Gasteiger partial charge in [0, 0.05) is 6.42 Å². The fourth-order valence-electron chi connectivity index (χ4n) is 1.96. The van der Waals surface area contributed by atoms with Gasteiger partial charge in [0.1, 0.15) is 18.1 Å². The third-order valence-corrected chi connectivity index (χ3v) is 3.88. The van der Waals surface area contributed by atoms with Crippen LogP contribution in [0.4, 0.5) is 0 Å². The Morgan fingerprint density at radius 1 is 1.04 bits per heavy atom. The highest BCUT2D eigenvalue weighted by atomic mass is 16.4. The van der Waals surface area contributed by atoms with E-state index in [0.29, 0.717) is 6.42 Å². The van der Waals surface area contributed by atoms with Crippen LogP contribution in [-0.2, 0) is 19.2 Å². The molecule has 0 bridgehead atoms. The Labute approximate surface area is 145 Å². The number of amides is 2. The zero-order valence-corrected chi connectivity index (χ0v) is 14.6. The minimum atomic E-state index is -1.39. The Bertz CT molecular complexity index is 496. The van der Waals surface area contributed by atoms with Crippen molar-refractivity contribution in [2.45, 2.75) is 64.3 Å². The molecule has 0 aromatic carbocycles. The summed E-state index contributed by atoms with van der Waals surface area (Å²) in [4.78, 5) is 46.1. The van der Waals surface area contributed by atoms with E-state index in [2.05, 4.69) is 10.6 Å². The highest BCUT2D eigenvalue weighted by Gasteiger charge is 2.31. The van der Waals surface area contributed by atoms with E-state index >= 15 is 0 Å². The van der Waals surface area contributed by atoms with E-state index in [1.165, 1.54) is 6.92 Å². The quantitative estimate of drug-likeness (QED) is 0.261. The minimum absolute atomic E-state index is 0.287. The smallest absolute Gasteiger partial charge is 0.326 e. The molecule has 0 spiro atoms. The van der Waals surface area contributed by atoms with E-state index in [1.807, 2.05) is 0 Å². The SMILES string of the molecule is CC[C@H](C)[C@H](NC(=O)[C@@H](N)[C@@H](C)O)C(=O)N[C@@H](CCC(=O)O)C(=O)O. The van der Waals surface area contributed by atoms with Crippen molar-refractivity contribution in [2.24, 2.45) is 11.7 Å². The molecule has 0 fully saturated rings. The Balaban J connectivity index is 5.12. The van der Waals surface area contributed by atoms with Crippen LogP contribution in [-0.4, -0.2) is 63.3 Å². The van der Waals surface area contributed by atoms with E-state index in [-0.39, 0.29) is 12.3 Å². The maximum Gasteiger partial charge on any atom is 0.326 e. The van der Waals surface area contributed by atoms with Crippen molar-refractivity contribution in [3.8, 4) is 0 Å². The van der Waals surface area contributed by atoms with Crippen LogP contribution in [0.2, 0.25) is 0 Å². The van der Waals surface area contributed by atoms with E-state index in [4.69, 9.17) is 15.9 Å². The first-order valence-corrected chi connectivity index (χ1v) is 8.00. The second kappa shape index (κ2) is 10.6. The van der Waals surface area contributed by atoms with E-state index in [9.17, 15) is 24.3 Å². The number of hydrogen-bond donors (Lipinski definition) is 6. The second-order valence-corrected chi connectivity index (χ2v) is 5.97. The average molecular weight is 361 g/mol. The van der Waals surface area contributed by atoms with Gasteiger partial charge in [-0.05, 0) is 19.3 Å². The fraction of sp³-hybridized carbons (Fsp3) is 0.733. The van der Waals surface area contributed by atoms with Gasteiger partial charge in [0.2, 0.25) is 11.8 Å². The van der Waals surface area contributed by atoms with Gasteiger partial charge in [0.25, 0.3) is 0 Å². The van der Waals surface area contributed by atoms with E-state index in [0.717, 1.165) is 0 Å². The van der Waals surface area contributed by atoms with Crippen molar-refractivity contribution in [1.29, 1.82) is 0 Å². The van der Waals surface area contributed by atoms with Crippen LogP contribution < -0.4 is 16.4 Å². The molecule has 0 unspecified atom stereocenters. The Morgan fingerprint density at radius 3 is 2.00 bits per heavy atom. The van der Waals surface area contributed by atoms with E-state index in [1.54, 1.807) is 13.8 Å². The summed E-state index contributed by atoms with van der Waals surface area (Å²) in [5.74, 6) is -4.38. The number of carboxylic acid groups (broad SMARTS) is 2. The predicted octanol–water partition coefficient (Wildman–Crippen LogP) is -1.34. The van der Waals surface area contributed by atoms with Gasteiger partial charge < -0.3 is 31.7 Å². The van der Waals surface area contributed by atoms with Crippen LogP contribution in [0.1, 0.15) is 40.0 Å². The topological polar surface area (TPSA) is 179 Å². The summed E-state index contributed by atoms with van der Waals surface area (Å²) in [6, 6.07) is -3.69. The molecule has 25 heavy (non-hydrogen) atoms. The summed E-state index contributed by atoms with van der Waals surface area (Å²) in [5, 5.41) is 31.8. The van der Waals surface area contributed by atoms with Crippen molar-refractivity contribution >= 4 is 23.8 Å². The van der Waals surface area contributed by atoms with Gasteiger partial charge in [0.05, 0.1) is 6.10 Å². The minimum Gasteiger partial charge on any atom is -0.481 e. The molecule has 0 aromatic rings. The molecule has 0 aliphatic heterocycles. The summed E-state index contributed by atoms with van der Waals surface area (Å²) in [6.07, 6.45) is -1.33. The number of hydrogen-bond acceptors (Lipinski definition) is 6. The lowest BCUT2D eigenvalue weighted by Crippen LogP contribution is -2.58. The lowest BCUT2D eigenvalue weighted by atomic mass is 9.97. The molecule has 5 atom stereocenters. The first kappa shape index (κ1) is 22.8. The van der Waals surface area contributed by atoms with Crippen LogP contribution in [0.3, 0.4) is 0 Å². The maximum absolute atomic E-state index is 12.4. The standard InChI is InChI=1S/C15H27N3O7/c1-4-7(2)12(18-13(22)11(16)8(3)19)14(23)17-9(15(24)25)5-6-10(20)21/h7-9,11-12,19H,4-6,16H2,1-3H3,(H,17,23)(H,18,22)(H,20,21)(H,24,25)/t7-,8+,9-,11-,12-/m0/s1. The number of rotatable bonds is 11. The zero-order valence-electron chi connectivity index (χ0n) is 14.6. The third-order valence-electron chi connectivity index (χ3n) is 3.88. The largest absolute Gasteiger partial charge is 0.481 e. The molecule has 7 N–H and O–H groups in total. The number of carboxylic acids is 2. The molecule has 144 valence electrons. The molecule has 0 radical (unpaired) electrons.